The Kier molecular flexibility index (Phi) is 4.52. The van der Waals surface area contributed by atoms with Crippen LogP contribution in [0, 0.1) is 13.8 Å². The van der Waals surface area contributed by atoms with Crippen molar-refractivity contribution in [2.75, 3.05) is 18.0 Å². The molecule has 0 bridgehead atoms. The largest absolute Gasteiger partial charge is 0.329 e. The fraction of sp³-hybridized carbons (Fsp3) is 0.370. The van der Waals surface area contributed by atoms with E-state index in [4.69, 9.17) is 5.10 Å². The molecule has 3 aromatic heterocycles. The minimum Gasteiger partial charge on any atom is -0.329 e. The summed E-state index contributed by atoms with van der Waals surface area (Å²) in [5.41, 5.74) is 3.74. The Morgan fingerprint density at radius 2 is 1.81 bits per heavy atom. The molecule has 6 rings (SSSR count). The SMILES string of the molecule is Cc1ccc(-c2cc(C(C)(C)C)c3n(cc4[n+]3C3(C)C(=O)N(c5cnc(C)[nH]5)CCN3C4=O)n2)cc1. The monoisotopic (exact) mass is 484 g/mol. The van der Waals surface area contributed by atoms with E-state index >= 15 is 0 Å². The van der Waals surface area contributed by atoms with E-state index in [-0.39, 0.29) is 17.2 Å². The summed E-state index contributed by atoms with van der Waals surface area (Å²) in [7, 11) is 0. The van der Waals surface area contributed by atoms with Crippen molar-refractivity contribution in [2.45, 2.75) is 52.6 Å². The molecule has 184 valence electrons. The highest BCUT2D eigenvalue weighted by atomic mass is 16.2. The summed E-state index contributed by atoms with van der Waals surface area (Å²) in [6.45, 7) is 13.0. The number of H-pyrrole nitrogens is 1. The van der Waals surface area contributed by atoms with Gasteiger partial charge in [0.1, 0.15) is 17.3 Å². The Morgan fingerprint density at radius 1 is 1.08 bits per heavy atom. The third kappa shape index (κ3) is 2.98. The van der Waals surface area contributed by atoms with Gasteiger partial charge in [0.05, 0.1) is 11.8 Å². The fourth-order valence-electron chi connectivity index (χ4n) is 5.45. The van der Waals surface area contributed by atoms with E-state index in [1.54, 1.807) is 26.7 Å². The number of imidazole rings is 2. The van der Waals surface area contributed by atoms with Crippen LogP contribution in [-0.2, 0) is 15.9 Å². The molecule has 1 aromatic carbocycles. The highest BCUT2D eigenvalue weighted by Crippen LogP contribution is 2.37. The van der Waals surface area contributed by atoms with Crippen LogP contribution in [0.1, 0.15) is 55.1 Å². The Labute approximate surface area is 209 Å². The quantitative estimate of drug-likeness (QED) is 0.443. The normalized spacial score (nSPS) is 19.8. The predicted molar refractivity (Wildman–Crippen MR) is 135 cm³/mol. The molecular weight excluding hydrogens is 454 g/mol. The van der Waals surface area contributed by atoms with E-state index in [0.717, 1.165) is 28.3 Å². The number of aryl methyl sites for hydroxylation is 2. The van der Waals surface area contributed by atoms with Crippen LogP contribution in [0.5, 0.6) is 0 Å². The van der Waals surface area contributed by atoms with Crippen LogP contribution in [0.15, 0.2) is 42.7 Å². The van der Waals surface area contributed by atoms with Gasteiger partial charge in [-0.3, -0.25) is 19.4 Å². The maximum atomic E-state index is 14.1. The van der Waals surface area contributed by atoms with Crippen molar-refractivity contribution < 1.29 is 14.2 Å². The fourth-order valence-corrected chi connectivity index (χ4v) is 5.45. The maximum Gasteiger partial charge on any atom is 0.314 e. The van der Waals surface area contributed by atoms with Gasteiger partial charge < -0.3 is 4.98 Å². The van der Waals surface area contributed by atoms with Crippen molar-refractivity contribution in [3.05, 3.63) is 65.4 Å². The first-order valence-electron chi connectivity index (χ1n) is 12.2. The average Bonchev–Trinajstić information content (AvgIpc) is 3.48. The summed E-state index contributed by atoms with van der Waals surface area (Å²) in [4.78, 5) is 38.5. The lowest BCUT2D eigenvalue weighted by atomic mass is 9.87. The Balaban J connectivity index is 1.59. The van der Waals surface area contributed by atoms with Gasteiger partial charge in [-0.05, 0) is 25.3 Å². The summed E-state index contributed by atoms with van der Waals surface area (Å²) in [6.07, 6.45) is 3.44. The number of amides is 2. The number of fused-ring (bicyclic) bond motifs is 5. The standard InChI is InChI=1S/C27H30N7O2/c1-16-7-9-18(10-8-16)20-13-19(26(3,4)5)23-33(30-20)15-21-24(35)32-12-11-31(22-14-28-17(2)29-22)25(36)27(32,6)34(21)23/h7-10,13-15H,11-12H2,1-6H3,(H,28,29)/q+1. The zero-order valence-electron chi connectivity index (χ0n) is 21.5. The first-order chi connectivity index (χ1) is 17.0. The molecule has 0 radical (unpaired) electrons. The molecule has 1 unspecified atom stereocenters. The van der Waals surface area contributed by atoms with Crippen molar-refractivity contribution >= 4 is 23.3 Å². The molecule has 36 heavy (non-hydrogen) atoms. The zero-order chi connectivity index (χ0) is 25.6. The number of nitrogens with one attached hydrogen (secondary N) is 1. The minimum absolute atomic E-state index is 0.159. The van der Waals surface area contributed by atoms with Gasteiger partial charge in [0, 0.05) is 25.6 Å². The zero-order valence-corrected chi connectivity index (χ0v) is 21.5. The second kappa shape index (κ2) is 7.25. The van der Waals surface area contributed by atoms with Crippen molar-refractivity contribution in [1.29, 1.82) is 0 Å². The number of anilines is 1. The Morgan fingerprint density at radius 3 is 2.44 bits per heavy atom. The molecule has 1 atom stereocenters. The summed E-state index contributed by atoms with van der Waals surface area (Å²) in [5.74, 6) is 1.04. The van der Waals surface area contributed by atoms with Gasteiger partial charge in [-0.2, -0.15) is 4.57 Å². The number of nitrogens with zero attached hydrogens (tertiary/aromatic N) is 6. The summed E-state index contributed by atoms with van der Waals surface area (Å²) in [5, 5.41) is 4.91. The third-order valence-corrected chi connectivity index (χ3v) is 7.41. The lowest BCUT2D eigenvalue weighted by Crippen LogP contribution is -2.72. The predicted octanol–water partition coefficient (Wildman–Crippen LogP) is 3.10. The highest BCUT2D eigenvalue weighted by molar-refractivity contribution is 6.04. The number of hydrogen-bond donors (Lipinski definition) is 1. The van der Waals surface area contributed by atoms with Gasteiger partial charge in [0.2, 0.25) is 5.69 Å². The van der Waals surface area contributed by atoms with E-state index in [1.165, 1.54) is 5.56 Å². The van der Waals surface area contributed by atoms with E-state index < -0.39 is 5.66 Å². The highest BCUT2D eigenvalue weighted by Gasteiger charge is 2.62. The molecule has 9 heteroatoms. The Bertz CT molecular complexity index is 1560. The van der Waals surface area contributed by atoms with Crippen LogP contribution in [0.25, 0.3) is 16.9 Å². The van der Waals surface area contributed by atoms with Crippen molar-refractivity contribution in [3.63, 3.8) is 0 Å². The number of hydrogen-bond acceptors (Lipinski definition) is 4. The van der Waals surface area contributed by atoms with Gasteiger partial charge >= 0.3 is 11.6 Å². The molecule has 1 saturated heterocycles. The van der Waals surface area contributed by atoms with Crippen LogP contribution in [0.3, 0.4) is 0 Å². The molecule has 2 aliphatic rings. The lowest BCUT2D eigenvalue weighted by Gasteiger charge is -2.40. The summed E-state index contributed by atoms with van der Waals surface area (Å²) < 4.78 is 3.66. The van der Waals surface area contributed by atoms with Crippen molar-refractivity contribution in [1.82, 2.24) is 24.5 Å². The van der Waals surface area contributed by atoms with Gasteiger partial charge in [-0.1, -0.05) is 60.2 Å². The number of carbonyl (C=O) groups excluding carboxylic acids is 2. The maximum absolute atomic E-state index is 14.1. The molecule has 0 spiro atoms. The molecule has 0 saturated carbocycles. The van der Waals surface area contributed by atoms with Crippen LogP contribution in [0.4, 0.5) is 5.82 Å². The number of aromatic amines is 1. The van der Waals surface area contributed by atoms with Crippen LogP contribution in [-0.4, -0.2) is 49.4 Å². The molecule has 1 fully saturated rings. The third-order valence-electron chi connectivity index (χ3n) is 7.41. The first-order valence-corrected chi connectivity index (χ1v) is 12.2. The van der Waals surface area contributed by atoms with E-state index in [1.807, 2.05) is 18.4 Å². The van der Waals surface area contributed by atoms with Crippen LogP contribution < -0.4 is 9.47 Å². The number of benzene rings is 1. The average molecular weight is 485 g/mol. The molecule has 2 aliphatic heterocycles. The Hall–Kier alpha value is -4.01. The van der Waals surface area contributed by atoms with Crippen LogP contribution in [0.2, 0.25) is 0 Å². The van der Waals surface area contributed by atoms with Gasteiger partial charge in [-0.15, -0.1) is 0 Å². The second-order valence-electron chi connectivity index (χ2n) is 11.0. The number of rotatable bonds is 2. The van der Waals surface area contributed by atoms with Crippen molar-refractivity contribution in [2.24, 2.45) is 0 Å². The van der Waals surface area contributed by atoms with Gasteiger partial charge in [0.15, 0.2) is 6.20 Å². The number of piperazine rings is 1. The smallest absolute Gasteiger partial charge is 0.314 e. The lowest BCUT2D eigenvalue weighted by molar-refractivity contribution is -0.731. The molecule has 0 aliphatic carbocycles. The second-order valence-corrected chi connectivity index (χ2v) is 11.0. The van der Waals surface area contributed by atoms with Crippen LogP contribution >= 0.6 is 0 Å². The number of aromatic nitrogens is 5. The van der Waals surface area contributed by atoms with E-state index in [2.05, 4.69) is 68.0 Å². The van der Waals surface area contributed by atoms with Gasteiger partial charge in [0.25, 0.3) is 11.6 Å². The molecular formula is C27H30N7O2+. The molecule has 1 N–H and O–H groups in total. The molecule has 4 aromatic rings. The molecule has 9 nitrogen and oxygen atoms in total. The van der Waals surface area contributed by atoms with Crippen molar-refractivity contribution in [3.8, 4) is 11.3 Å². The van der Waals surface area contributed by atoms with E-state index in [0.29, 0.717) is 24.6 Å². The first kappa shape index (κ1) is 22.5. The summed E-state index contributed by atoms with van der Waals surface area (Å²) in [6, 6.07) is 10.3. The topological polar surface area (TPSA) is 90.5 Å². The summed E-state index contributed by atoms with van der Waals surface area (Å²) >= 11 is 0. The number of carbonyl (C=O) groups is 2. The van der Waals surface area contributed by atoms with Gasteiger partial charge in [-0.25, -0.2) is 4.98 Å². The molecule has 2 amide bonds. The van der Waals surface area contributed by atoms with E-state index in [9.17, 15) is 9.59 Å². The molecule has 5 heterocycles. The minimum atomic E-state index is -1.22.